The van der Waals surface area contributed by atoms with Crippen molar-refractivity contribution in [2.24, 2.45) is 5.73 Å². The van der Waals surface area contributed by atoms with Crippen molar-refractivity contribution < 1.29 is 8.42 Å². The van der Waals surface area contributed by atoms with Gasteiger partial charge in [-0.05, 0) is 12.8 Å². The van der Waals surface area contributed by atoms with E-state index in [4.69, 9.17) is 5.73 Å². The van der Waals surface area contributed by atoms with E-state index in [1.807, 2.05) is 6.92 Å². The van der Waals surface area contributed by atoms with Crippen LogP contribution in [0.2, 0.25) is 0 Å². The van der Waals surface area contributed by atoms with Gasteiger partial charge in [-0.15, -0.1) is 0 Å². The van der Waals surface area contributed by atoms with Crippen LogP contribution in [0.25, 0.3) is 0 Å². The molecule has 0 aliphatic carbocycles. The smallest absolute Gasteiger partial charge is 0.261 e. The van der Waals surface area contributed by atoms with Crippen LogP contribution < -0.4 is 5.73 Å². The van der Waals surface area contributed by atoms with Crippen LogP contribution in [0, 0.1) is 0 Å². The maximum absolute atomic E-state index is 12.1. The first-order valence-corrected chi connectivity index (χ1v) is 6.81. The third kappa shape index (κ3) is 1.85. The quantitative estimate of drug-likeness (QED) is 0.785. The highest BCUT2D eigenvalue weighted by molar-refractivity contribution is 7.89. The molecule has 1 aliphatic heterocycles. The van der Waals surface area contributed by atoms with Gasteiger partial charge in [0.15, 0.2) is 5.03 Å². The molecule has 2 rings (SSSR count). The topological polar surface area (TPSA) is 92.1 Å². The van der Waals surface area contributed by atoms with E-state index in [9.17, 15) is 8.42 Å². The monoisotopic (exact) mass is 244 g/mol. The first-order chi connectivity index (χ1) is 7.55. The highest BCUT2D eigenvalue weighted by atomic mass is 32.2. The zero-order chi connectivity index (χ0) is 11.8. The first-order valence-electron chi connectivity index (χ1n) is 5.37. The number of hydrogen-bond donors (Lipinski definition) is 2. The van der Waals surface area contributed by atoms with Crippen molar-refractivity contribution in [2.75, 3.05) is 6.54 Å². The number of nitrogens with one attached hydrogen (secondary N) is 1. The largest absolute Gasteiger partial charge is 0.332 e. The predicted molar refractivity (Wildman–Crippen MR) is 59.1 cm³/mol. The molecule has 6 nitrogen and oxygen atoms in total. The summed E-state index contributed by atoms with van der Waals surface area (Å²) < 4.78 is 25.6. The van der Waals surface area contributed by atoms with Crippen molar-refractivity contribution in [1.82, 2.24) is 14.3 Å². The Morgan fingerprint density at radius 1 is 1.69 bits per heavy atom. The van der Waals surface area contributed by atoms with E-state index in [1.54, 1.807) is 0 Å². The summed E-state index contributed by atoms with van der Waals surface area (Å²) in [5.74, 6) is 0.673. The van der Waals surface area contributed by atoms with Crippen molar-refractivity contribution >= 4 is 10.0 Å². The van der Waals surface area contributed by atoms with E-state index >= 15 is 0 Å². The summed E-state index contributed by atoms with van der Waals surface area (Å²) in [7, 11) is -3.49. The van der Waals surface area contributed by atoms with Crippen LogP contribution in [-0.4, -0.2) is 35.4 Å². The summed E-state index contributed by atoms with van der Waals surface area (Å²) in [6.45, 7) is 2.40. The second kappa shape index (κ2) is 4.15. The van der Waals surface area contributed by atoms with Gasteiger partial charge in [-0.3, -0.25) is 0 Å². The van der Waals surface area contributed by atoms with Crippen molar-refractivity contribution in [1.29, 1.82) is 0 Å². The van der Waals surface area contributed by atoms with E-state index in [0.29, 0.717) is 25.2 Å². The molecule has 0 aromatic carbocycles. The third-order valence-corrected chi connectivity index (χ3v) is 4.61. The second-order valence-electron chi connectivity index (χ2n) is 3.87. The molecule has 0 bridgehead atoms. The number of aromatic amines is 1. The maximum atomic E-state index is 12.1. The summed E-state index contributed by atoms with van der Waals surface area (Å²) in [6.07, 6.45) is 3.17. The molecule has 1 atom stereocenters. The van der Waals surface area contributed by atoms with Gasteiger partial charge in [0.1, 0.15) is 5.82 Å². The highest BCUT2D eigenvalue weighted by Gasteiger charge is 2.34. The molecule has 1 unspecified atom stereocenters. The fourth-order valence-corrected chi connectivity index (χ4v) is 3.36. The lowest BCUT2D eigenvalue weighted by Crippen LogP contribution is -2.41. The minimum absolute atomic E-state index is 0.140. The Labute approximate surface area is 94.9 Å². The van der Waals surface area contributed by atoms with Gasteiger partial charge in [-0.2, -0.15) is 4.31 Å². The summed E-state index contributed by atoms with van der Waals surface area (Å²) in [4.78, 5) is 6.80. The normalized spacial score (nSPS) is 22.8. The molecule has 2 heterocycles. The van der Waals surface area contributed by atoms with Gasteiger partial charge in [0.05, 0.1) is 12.4 Å². The summed E-state index contributed by atoms with van der Waals surface area (Å²) in [5.41, 5.74) is 5.75. The van der Waals surface area contributed by atoms with Gasteiger partial charge >= 0.3 is 0 Å². The Kier molecular flexibility index (Phi) is 3.00. The number of H-pyrrole nitrogens is 1. The number of imidazole rings is 1. The zero-order valence-corrected chi connectivity index (χ0v) is 10.00. The molecular weight excluding hydrogens is 228 g/mol. The minimum Gasteiger partial charge on any atom is -0.332 e. The van der Waals surface area contributed by atoms with E-state index in [2.05, 4.69) is 9.97 Å². The molecule has 16 heavy (non-hydrogen) atoms. The van der Waals surface area contributed by atoms with Gasteiger partial charge < -0.3 is 10.7 Å². The lowest BCUT2D eigenvalue weighted by Gasteiger charge is -2.19. The number of nitrogens with two attached hydrogens (primary N) is 1. The Hall–Kier alpha value is -0.920. The number of aromatic nitrogens is 2. The maximum Gasteiger partial charge on any atom is 0.261 e. The predicted octanol–water partition coefficient (Wildman–Crippen LogP) is 0.0414. The van der Waals surface area contributed by atoms with Crippen LogP contribution in [0.1, 0.15) is 25.6 Å². The third-order valence-electron chi connectivity index (χ3n) is 2.77. The summed E-state index contributed by atoms with van der Waals surface area (Å²) in [6, 6.07) is 0. The van der Waals surface area contributed by atoms with Crippen molar-refractivity contribution in [3.63, 3.8) is 0 Å². The molecule has 0 saturated carbocycles. The van der Waals surface area contributed by atoms with Gasteiger partial charge in [0.2, 0.25) is 0 Å². The Balaban J connectivity index is 2.31. The SMILES string of the molecule is CCc1ncc(S(=O)(=O)N2CCCC2N)[nH]1. The molecular formula is C9H16N4O2S. The number of nitrogens with zero attached hydrogens (tertiary/aromatic N) is 2. The molecule has 3 N–H and O–H groups in total. The number of hydrogen-bond acceptors (Lipinski definition) is 4. The van der Waals surface area contributed by atoms with Gasteiger partial charge in [-0.25, -0.2) is 13.4 Å². The van der Waals surface area contributed by atoms with Crippen LogP contribution in [0.3, 0.4) is 0 Å². The standard InChI is InChI=1S/C9H16N4O2S/c1-2-8-11-6-9(12-8)16(14,15)13-5-3-4-7(13)10/h6-7H,2-5,10H2,1H3,(H,11,12). The zero-order valence-electron chi connectivity index (χ0n) is 9.18. The van der Waals surface area contributed by atoms with Crippen LogP contribution in [-0.2, 0) is 16.4 Å². The lowest BCUT2D eigenvalue weighted by molar-refractivity contribution is 0.394. The fourth-order valence-electron chi connectivity index (χ4n) is 1.84. The average Bonchev–Trinajstić information content (AvgIpc) is 2.85. The molecule has 1 aliphatic rings. The number of aryl methyl sites for hydroxylation is 1. The highest BCUT2D eigenvalue weighted by Crippen LogP contribution is 2.22. The van der Waals surface area contributed by atoms with Gasteiger partial charge in [0.25, 0.3) is 10.0 Å². The van der Waals surface area contributed by atoms with Gasteiger partial charge in [-0.1, -0.05) is 6.92 Å². The van der Waals surface area contributed by atoms with E-state index in [-0.39, 0.29) is 5.03 Å². The molecule has 0 spiro atoms. The van der Waals surface area contributed by atoms with Crippen LogP contribution in [0.15, 0.2) is 11.2 Å². The van der Waals surface area contributed by atoms with Crippen LogP contribution in [0.5, 0.6) is 0 Å². The van der Waals surface area contributed by atoms with Crippen LogP contribution >= 0.6 is 0 Å². The Morgan fingerprint density at radius 2 is 2.44 bits per heavy atom. The lowest BCUT2D eigenvalue weighted by atomic mass is 10.3. The molecule has 1 fully saturated rings. The van der Waals surface area contributed by atoms with E-state index in [1.165, 1.54) is 10.5 Å². The summed E-state index contributed by atoms with van der Waals surface area (Å²) >= 11 is 0. The molecule has 1 aromatic heterocycles. The molecule has 7 heteroatoms. The van der Waals surface area contributed by atoms with Crippen molar-refractivity contribution in [3.8, 4) is 0 Å². The Morgan fingerprint density at radius 3 is 2.94 bits per heavy atom. The van der Waals surface area contributed by atoms with E-state index in [0.717, 1.165) is 6.42 Å². The molecule has 0 radical (unpaired) electrons. The fraction of sp³-hybridized carbons (Fsp3) is 0.667. The minimum atomic E-state index is -3.49. The van der Waals surface area contributed by atoms with Crippen molar-refractivity contribution in [3.05, 3.63) is 12.0 Å². The van der Waals surface area contributed by atoms with Crippen LogP contribution in [0.4, 0.5) is 0 Å². The Bertz CT molecular complexity index is 468. The molecule has 90 valence electrons. The molecule has 0 amide bonds. The second-order valence-corrected chi connectivity index (χ2v) is 5.73. The van der Waals surface area contributed by atoms with Gasteiger partial charge in [0, 0.05) is 13.0 Å². The van der Waals surface area contributed by atoms with Crippen molar-refractivity contribution in [2.45, 2.75) is 37.4 Å². The number of rotatable bonds is 3. The average molecular weight is 244 g/mol. The van der Waals surface area contributed by atoms with E-state index < -0.39 is 16.2 Å². The summed E-state index contributed by atoms with van der Waals surface area (Å²) in [5, 5.41) is 0.140. The molecule has 1 aromatic rings. The number of sulfonamides is 1. The molecule has 1 saturated heterocycles. The first kappa shape index (κ1) is 11.6.